The Morgan fingerprint density at radius 2 is 2.15 bits per heavy atom. The van der Waals surface area contributed by atoms with Gasteiger partial charge in [0, 0.05) is 46.4 Å². The molecule has 76 valence electrons. The zero-order valence-electron chi connectivity index (χ0n) is 8.51. The average molecular weight is 184 g/mol. The highest BCUT2D eigenvalue weighted by atomic mass is 16.5. The highest BCUT2D eigenvalue weighted by Crippen LogP contribution is 2.02. The third-order valence-corrected chi connectivity index (χ3v) is 2.32. The third kappa shape index (κ3) is 4.41. The summed E-state index contributed by atoms with van der Waals surface area (Å²) in [5, 5.41) is 3.34. The van der Waals surface area contributed by atoms with E-state index in [4.69, 9.17) is 4.74 Å². The maximum atomic E-state index is 5.01. The second-order valence-corrected chi connectivity index (χ2v) is 3.52. The van der Waals surface area contributed by atoms with E-state index in [1.54, 1.807) is 7.11 Å². The van der Waals surface area contributed by atoms with Gasteiger partial charge in [-0.15, -0.1) is 0 Å². The van der Waals surface area contributed by atoms with Crippen molar-refractivity contribution in [2.75, 3.05) is 46.4 Å². The second-order valence-electron chi connectivity index (χ2n) is 3.52. The standard InChI is InChI=1S/C10H20N2O/c1-10(3-8-13-2)9-12-6-4-11-5-7-12/h11H,1,3-9H2,2H3. The van der Waals surface area contributed by atoms with Gasteiger partial charge in [-0.1, -0.05) is 12.2 Å². The molecule has 1 aliphatic heterocycles. The molecule has 1 aliphatic rings. The van der Waals surface area contributed by atoms with Crippen LogP contribution in [0.25, 0.3) is 0 Å². The van der Waals surface area contributed by atoms with Crippen molar-refractivity contribution in [3.05, 3.63) is 12.2 Å². The minimum Gasteiger partial charge on any atom is -0.384 e. The summed E-state index contributed by atoms with van der Waals surface area (Å²) in [5.74, 6) is 0. The van der Waals surface area contributed by atoms with Crippen LogP contribution >= 0.6 is 0 Å². The van der Waals surface area contributed by atoms with Crippen molar-refractivity contribution in [1.29, 1.82) is 0 Å². The van der Waals surface area contributed by atoms with Gasteiger partial charge in [-0.25, -0.2) is 0 Å². The first-order chi connectivity index (χ1) is 6.33. The average Bonchev–Trinajstić information content (AvgIpc) is 2.16. The predicted molar refractivity (Wildman–Crippen MR) is 54.9 cm³/mol. The molecular weight excluding hydrogens is 164 g/mol. The van der Waals surface area contributed by atoms with E-state index in [0.717, 1.165) is 45.8 Å². The van der Waals surface area contributed by atoms with Crippen molar-refractivity contribution in [1.82, 2.24) is 10.2 Å². The van der Waals surface area contributed by atoms with Crippen molar-refractivity contribution in [2.24, 2.45) is 0 Å². The van der Waals surface area contributed by atoms with Crippen molar-refractivity contribution in [3.8, 4) is 0 Å². The van der Waals surface area contributed by atoms with Gasteiger partial charge in [0.15, 0.2) is 0 Å². The van der Waals surface area contributed by atoms with Crippen molar-refractivity contribution >= 4 is 0 Å². The van der Waals surface area contributed by atoms with Gasteiger partial charge in [-0.3, -0.25) is 4.90 Å². The molecule has 0 saturated carbocycles. The number of methoxy groups -OCH3 is 1. The van der Waals surface area contributed by atoms with Gasteiger partial charge < -0.3 is 10.1 Å². The zero-order chi connectivity index (χ0) is 9.52. The fraction of sp³-hybridized carbons (Fsp3) is 0.800. The van der Waals surface area contributed by atoms with Crippen molar-refractivity contribution in [3.63, 3.8) is 0 Å². The predicted octanol–water partition coefficient (Wildman–Crippen LogP) is 0.484. The molecule has 3 nitrogen and oxygen atoms in total. The van der Waals surface area contributed by atoms with Gasteiger partial charge in [0.05, 0.1) is 0 Å². The molecule has 1 fully saturated rings. The van der Waals surface area contributed by atoms with E-state index in [-0.39, 0.29) is 0 Å². The highest BCUT2D eigenvalue weighted by Gasteiger charge is 2.09. The summed E-state index contributed by atoms with van der Waals surface area (Å²) in [6.07, 6.45) is 0.987. The smallest absolute Gasteiger partial charge is 0.0499 e. The molecule has 0 unspecified atom stereocenters. The van der Waals surface area contributed by atoms with Gasteiger partial charge in [0.2, 0.25) is 0 Å². The van der Waals surface area contributed by atoms with E-state index in [1.165, 1.54) is 5.57 Å². The molecule has 1 rings (SSSR count). The Bertz CT molecular complexity index is 153. The number of nitrogens with one attached hydrogen (secondary N) is 1. The summed E-state index contributed by atoms with van der Waals surface area (Å²) >= 11 is 0. The maximum absolute atomic E-state index is 5.01. The first-order valence-electron chi connectivity index (χ1n) is 4.91. The normalized spacial score (nSPS) is 18.8. The molecular formula is C10H20N2O. The lowest BCUT2D eigenvalue weighted by Gasteiger charge is -2.27. The molecule has 0 aromatic carbocycles. The molecule has 0 aromatic heterocycles. The molecule has 1 saturated heterocycles. The Morgan fingerprint density at radius 1 is 1.46 bits per heavy atom. The Balaban J connectivity index is 2.11. The number of hydrogen-bond donors (Lipinski definition) is 1. The summed E-state index contributed by atoms with van der Waals surface area (Å²) in [6.45, 7) is 10.4. The molecule has 3 heteroatoms. The summed E-state index contributed by atoms with van der Waals surface area (Å²) in [5.41, 5.74) is 1.28. The van der Waals surface area contributed by atoms with Crippen LogP contribution in [-0.4, -0.2) is 51.3 Å². The second kappa shape index (κ2) is 6.13. The van der Waals surface area contributed by atoms with E-state index < -0.39 is 0 Å². The topological polar surface area (TPSA) is 24.5 Å². The van der Waals surface area contributed by atoms with Crippen LogP contribution in [0.4, 0.5) is 0 Å². The quantitative estimate of drug-likeness (QED) is 0.629. The monoisotopic (exact) mass is 184 g/mol. The minimum absolute atomic E-state index is 0.797. The SMILES string of the molecule is C=C(CCOC)CN1CCNCC1. The lowest BCUT2D eigenvalue weighted by atomic mass is 10.2. The van der Waals surface area contributed by atoms with Gasteiger partial charge >= 0.3 is 0 Å². The Hall–Kier alpha value is -0.380. The third-order valence-electron chi connectivity index (χ3n) is 2.32. The van der Waals surface area contributed by atoms with Crippen LogP contribution in [0, 0.1) is 0 Å². The lowest BCUT2D eigenvalue weighted by molar-refractivity contribution is 0.196. The number of hydrogen-bond acceptors (Lipinski definition) is 3. The van der Waals surface area contributed by atoms with Crippen LogP contribution < -0.4 is 5.32 Å². The molecule has 0 spiro atoms. The number of rotatable bonds is 5. The van der Waals surface area contributed by atoms with E-state index in [1.807, 2.05) is 0 Å². The fourth-order valence-electron chi connectivity index (χ4n) is 1.51. The zero-order valence-corrected chi connectivity index (χ0v) is 8.51. The summed E-state index contributed by atoms with van der Waals surface area (Å²) in [6, 6.07) is 0. The van der Waals surface area contributed by atoms with Gasteiger partial charge in [0.1, 0.15) is 0 Å². The molecule has 13 heavy (non-hydrogen) atoms. The number of ether oxygens (including phenoxy) is 1. The summed E-state index contributed by atoms with van der Waals surface area (Å²) in [4.78, 5) is 2.44. The van der Waals surface area contributed by atoms with Gasteiger partial charge in [-0.05, 0) is 6.42 Å². The van der Waals surface area contributed by atoms with Crippen molar-refractivity contribution in [2.45, 2.75) is 6.42 Å². The first-order valence-corrected chi connectivity index (χ1v) is 4.91. The lowest BCUT2D eigenvalue weighted by Crippen LogP contribution is -2.44. The van der Waals surface area contributed by atoms with Gasteiger partial charge in [0.25, 0.3) is 0 Å². The Kier molecular flexibility index (Phi) is 5.05. The molecule has 1 heterocycles. The van der Waals surface area contributed by atoms with E-state index >= 15 is 0 Å². The largest absolute Gasteiger partial charge is 0.384 e. The first kappa shape index (κ1) is 10.7. The highest BCUT2D eigenvalue weighted by molar-refractivity contribution is 4.97. The Labute approximate surface area is 80.8 Å². The summed E-state index contributed by atoms with van der Waals surface area (Å²) in [7, 11) is 1.73. The number of nitrogens with zero attached hydrogens (tertiary/aromatic N) is 1. The summed E-state index contributed by atoms with van der Waals surface area (Å²) < 4.78 is 5.01. The minimum atomic E-state index is 0.797. The van der Waals surface area contributed by atoms with E-state index in [9.17, 15) is 0 Å². The van der Waals surface area contributed by atoms with E-state index in [2.05, 4.69) is 16.8 Å². The molecule has 0 atom stereocenters. The van der Waals surface area contributed by atoms with Crippen LogP contribution in [-0.2, 0) is 4.74 Å². The molecule has 0 aliphatic carbocycles. The molecule has 1 N–H and O–H groups in total. The van der Waals surface area contributed by atoms with Crippen LogP contribution in [0.1, 0.15) is 6.42 Å². The van der Waals surface area contributed by atoms with Crippen LogP contribution in [0.2, 0.25) is 0 Å². The fourth-order valence-corrected chi connectivity index (χ4v) is 1.51. The molecule has 0 radical (unpaired) electrons. The van der Waals surface area contributed by atoms with Gasteiger partial charge in [-0.2, -0.15) is 0 Å². The van der Waals surface area contributed by atoms with Crippen molar-refractivity contribution < 1.29 is 4.74 Å². The van der Waals surface area contributed by atoms with Crippen LogP contribution in [0.5, 0.6) is 0 Å². The van der Waals surface area contributed by atoms with E-state index in [0.29, 0.717) is 0 Å². The molecule has 0 aromatic rings. The molecule has 0 bridgehead atoms. The van der Waals surface area contributed by atoms with Crippen LogP contribution in [0.15, 0.2) is 12.2 Å². The maximum Gasteiger partial charge on any atom is 0.0499 e. The van der Waals surface area contributed by atoms with Crippen LogP contribution in [0.3, 0.4) is 0 Å². The number of piperazine rings is 1. The molecule has 0 amide bonds. The Morgan fingerprint density at radius 3 is 2.77 bits per heavy atom.